The highest BCUT2D eigenvalue weighted by Gasteiger charge is 2.26. The Bertz CT molecular complexity index is 611. The van der Waals surface area contributed by atoms with Crippen LogP contribution in [0, 0.1) is 0 Å². The Labute approximate surface area is 138 Å². The van der Waals surface area contributed by atoms with E-state index in [9.17, 15) is 13.2 Å². The molecule has 1 N–H and O–H groups in total. The van der Waals surface area contributed by atoms with Crippen LogP contribution < -0.4 is 5.32 Å². The van der Waals surface area contributed by atoms with Crippen LogP contribution in [0.3, 0.4) is 0 Å². The Morgan fingerprint density at radius 2 is 1.87 bits per heavy atom. The van der Waals surface area contributed by atoms with Crippen molar-refractivity contribution in [1.29, 1.82) is 0 Å². The smallest absolute Gasteiger partial charge is 0.317 e. The molecule has 1 heterocycles. The first kappa shape index (κ1) is 17.7. The van der Waals surface area contributed by atoms with Gasteiger partial charge >= 0.3 is 6.03 Å². The first-order valence-electron chi connectivity index (χ1n) is 7.94. The van der Waals surface area contributed by atoms with E-state index in [1.165, 1.54) is 10.6 Å². The predicted molar refractivity (Wildman–Crippen MR) is 90.5 cm³/mol. The van der Waals surface area contributed by atoms with E-state index < -0.39 is 10.0 Å². The van der Waals surface area contributed by atoms with E-state index in [4.69, 9.17) is 0 Å². The number of rotatable bonds is 5. The lowest BCUT2D eigenvalue weighted by molar-refractivity contribution is 0.187. The van der Waals surface area contributed by atoms with E-state index in [-0.39, 0.29) is 12.1 Å². The molecule has 1 aromatic carbocycles. The van der Waals surface area contributed by atoms with Crippen LogP contribution in [-0.2, 0) is 16.6 Å². The third-order valence-electron chi connectivity index (χ3n) is 4.14. The van der Waals surface area contributed by atoms with Crippen molar-refractivity contribution in [2.24, 2.45) is 0 Å². The molecule has 1 aliphatic rings. The highest BCUT2D eigenvalue weighted by atomic mass is 32.2. The summed E-state index contributed by atoms with van der Waals surface area (Å²) < 4.78 is 24.5. The summed E-state index contributed by atoms with van der Waals surface area (Å²) in [6.45, 7) is 4.09. The number of nitrogens with one attached hydrogen (secondary N) is 1. The van der Waals surface area contributed by atoms with E-state index >= 15 is 0 Å². The van der Waals surface area contributed by atoms with Gasteiger partial charge in [0.2, 0.25) is 10.0 Å². The van der Waals surface area contributed by atoms with Crippen LogP contribution in [0.4, 0.5) is 4.79 Å². The number of urea groups is 1. The minimum Gasteiger partial charge on any atom is -0.335 e. The van der Waals surface area contributed by atoms with Crippen molar-refractivity contribution < 1.29 is 13.2 Å². The van der Waals surface area contributed by atoms with Crippen LogP contribution in [0.5, 0.6) is 0 Å². The SMILES string of the molecule is CCN(Cc1ccccc1)C(=O)NC1CCN(S(C)(=O)=O)CC1. The summed E-state index contributed by atoms with van der Waals surface area (Å²) >= 11 is 0. The van der Waals surface area contributed by atoms with Gasteiger partial charge in [0, 0.05) is 32.2 Å². The summed E-state index contributed by atoms with van der Waals surface area (Å²) in [5.41, 5.74) is 1.09. The van der Waals surface area contributed by atoms with Crippen molar-refractivity contribution in [3.63, 3.8) is 0 Å². The first-order valence-corrected chi connectivity index (χ1v) is 9.79. The normalized spacial score (nSPS) is 17.0. The van der Waals surface area contributed by atoms with Gasteiger partial charge in [0.1, 0.15) is 0 Å². The molecule has 6 nitrogen and oxygen atoms in total. The van der Waals surface area contributed by atoms with E-state index in [0.29, 0.717) is 39.0 Å². The van der Waals surface area contributed by atoms with Crippen molar-refractivity contribution >= 4 is 16.1 Å². The van der Waals surface area contributed by atoms with Gasteiger partial charge in [-0.25, -0.2) is 17.5 Å². The number of amides is 2. The fourth-order valence-electron chi connectivity index (χ4n) is 2.73. The van der Waals surface area contributed by atoms with Crippen molar-refractivity contribution in [1.82, 2.24) is 14.5 Å². The molecule has 0 radical (unpaired) electrons. The van der Waals surface area contributed by atoms with E-state index in [1.807, 2.05) is 37.3 Å². The summed E-state index contributed by atoms with van der Waals surface area (Å²) in [5.74, 6) is 0. The highest BCUT2D eigenvalue weighted by molar-refractivity contribution is 7.88. The summed E-state index contributed by atoms with van der Waals surface area (Å²) in [4.78, 5) is 14.2. The maximum Gasteiger partial charge on any atom is 0.317 e. The van der Waals surface area contributed by atoms with Crippen LogP contribution in [0.25, 0.3) is 0 Å². The van der Waals surface area contributed by atoms with Crippen LogP contribution >= 0.6 is 0 Å². The lowest BCUT2D eigenvalue weighted by Crippen LogP contribution is -2.49. The van der Waals surface area contributed by atoms with Gasteiger partial charge in [-0.3, -0.25) is 0 Å². The second kappa shape index (κ2) is 7.79. The van der Waals surface area contributed by atoms with Gasteiger partial charge in [-0.1, -0.05) is 30.3 Å². The summed E-state index contributed by atoms with van der Waals surface area (Å²) in [5, 5.41) is 3.03. The molecule has 1 saturated heterocycles. The summed E-state index contributed by atoms with van der Waals surface area (Å²) in [6.07, 6.45) is 2.54. The molecular formula is C16H25N3O3S. The third-order valence-corrected chi connectivity index (χ3v) is 5.44. The molecule has 0 spiro atoms. The molecule has 1 aromatic rings. The minimum absolute atomic E-state index is 0.0327. The number of sulfonamides is 1. The molecule has 1 aliphatic heterocycles. The fourth-order valence-corrected chi connectivity index (χ4v) is 3.60. The second-order valence-corrected chi connectivity index (χ2v) is 7.87. The highest BCUT2D eigenvalue weighted by Crippen LogP contribution is 2.14. The fraction of sp³-hybridized carbons (Fsp3) is 0.562. The van der Waals surface area contributed by atoms with Crippen LogP contribution in [0.2, 0.25) is 0 Å². The van der Waals surface area contributed by atoms with Gasteiger partial charge < -0.3 is 10.2 Å². The maximum absolute atomic E-state index is 12.4. The Balaban J connectivity index is 1.86. The molecule has 0 saturated carbocycles. The number of hydrogen-bond donors (Lipinski definition) is 1. The zero-order chi connectivity index (χ0) is 16.9. The van der Waals surface area contributed by atoms with Gasteiger partial charge in [-0.2, -0.15) is 0 Å². The van der Waals surface area contributed by atoms with Crippen molar-refractivity contribution in [2.45, 2.75) is 32.4 Å². The summed E-state index contributed by atoms with van der Waals surface area (Å²) in [7, 11) is -3.13. The zero-order valence-corrected chi connectivity index (χ0v) is 14.6. The minimum atomic E-state index is -3.13. The van der Waals surface area contributed by atoms with Gasteiger partial charge in [0.05, 0.1) is 6.26 Å². The second-order valence-electron chi connectivity index (χ2n) is 5.89. The Morgan fingerprint density at radius 1 is 1.26 bits per heavy atom. The van der Waals surface area contributed by atoms with Gasteiger partial charge in [0.15, 0.2) is 0 Å². The number of piperidine rings is 1. The van der Waals surface area contributed by atoms with Crippen molar-refractivity contribution in [3.8, 4) is 0 Å². The summed E-state index contributed by atoms with van der Waals surface area (Å²) in [6, 6.07) is 9.82. The molecular weight excluding hydrogens is 314 g/mol. The van der Waals surface area contributed by atoms with E-state index in [0.717, 1.165) is 5.56 Å². The first-order chi connectivity index (χ1) is 10.9. The molecule has 0 atom stereocenters. The monoisotopic (exact) mass is 339 g/mol. The molecule has 2 rings (SSSR count). The van der Waals surface area contributed by atoms with E-state index in [1.54, 1.807) is 4.90 Å². The Morgan fingerprint density at radius 3 is 2.39 bits per heavy atom. The number of hydrogen-bond acceptors (Lipinski definition) is 3. The van der Waals surface area contributed by atoms with Gasteiger partial charge in [-0.05, 0) is 25.3 Å². The zero-order valence-electron chi connectivity index (χ0n) is 13.7. The van der Waals surface area contributed by atoms with Crippen LogP contribution in [-0.4, -0.2) is 55.6 Å². The number of carbonyl (C=O) groups excluding carboxylic acids is 1. The average molecular weight is 339 g/mol. The van der Waals surface area contributed by atoms with Crippen molar-refractivity contribution in [2.75, 3.05) is 25.9 Å². The quantitative estimate of drug-likeness (QED) is 0.887. The molecule has 0 bridgehead atoms. The number of nitrogens with zero attached hydrogens (tertiary/aromatic N) is 2. The maximum atomic E-state index is 12.4. The number of carbonyl (C=O) groups is 1. The molecule has 1 fully saturated rings. The predicted octanol–water partition coefficient (Wildman–Crippen LogP) is 1.64. The lowest BCUT2D eigenvalue weighted by atomic mass is 10.1. The molecule has 2 amide bonds. The molecule has 23 heavy (non-hydrogen) atoms. The molecule has 0 unspecified atom stereocenters. The third kappa shape index (κ3) is 5.21. The Kier molecular flexibility index (Phi) is 6.01. The van der Waals surface area contributed by atoms with Crippen LogP contribution in [0.1, 0.15) is 25.3 Å². The van der Waals surface area contributed by atoms with Gasteiger partial charge in [-0.15, -0.1) is 0 Å². The van der Waals surface area contributed by atoms with Gasteiger partial charge in [0.25, 0.3) is 0 Å². The molecule has 7 heteroatoms. The van der Waals surface area contributed by atoms with Crippen LogP contribution in [0.15, 0.2) is 30.3 Å². The lowest BCUT2D eigenvalue weighted by Gasteiger charge is -2.32. The molecule has 0 aromatic heterocycles. The Hall–Kier alpha value is -1.60. The molecule has 128 valence electrons. The average Bonchev–Trinajstić information content (AvgIpc) is 2.53. The van der Waals surface area contributed by atoms with Crippen molar-refractivity contribution in [3.05, 3.63) is 35.9 Å². The van der Waals surface area contributed by atoms with E-state index in [2.05, 4.69) is 5.32 Å². The standard InChI is InChI=1S/C16H25N3O3S/c1-3-18(13-14-7-5-4-6-8-14)16(20)17-15-9-11-19(12-10-15)23(2,21)22/h4-8,15H,3,9-13H2,1-2H3,(H,17,20). The largest absolute Gasteiger partial charge is 0.335 e. The topological polar surface area (TPSA) is 69.7 Å². The molecule has 0 aliphatic carbocycles. The number of benzene rings is 1.